The number of nitrogens with zero attached hydrogens (tertiary/aromatic N) is 1. The van der Waals surface area contributed by atoms with Gasteiger partial charge in [-0.25, -0.2) is 0 Å². The molecule has 0 radical (unpaired) electrons. The average molecular weight is 260 g/mol. The molecule has 0 amide bonds. The number of nitro benzene ring substituents is 1. The molecular formula is C13H12N2O4. The Morgan fingerprint density at radius 1 is 1.26 bits per heavy atom. The Hall–Kier alpha value is -2.47. The molecule has 6 heteroatoms. The van der Waals surface area contributed by atoms with Crippen LogP contribution in [0.3, 0.4) is 0 Å². The van der Waals surface area contributed by atoms with Crippen molar-refractivity contribution < 1.29 is 14.8 Å². The highest BCUT2D eigenvalue weighted by Gasteiger charge is 2.17. The van der Waals surface area contributed by atoms with E-state index in [-0.39, 0.29) is 12.1 Å². The molecule has 0 aliphatic heterocycles. The minimum atomic E-state index is -1.09. The molecule has 98 valence electrons. The molecule has 0 fully saturated rings. The van der Waals surface area contributed by atoms with Crippen LogP contribution in [0.4, 0.5) is 5.69 Å². The maximum Gasteiger partial charge on any atom is 0.320 e. The van der Waals surface area contributed by atoms with E-state index >= 15 is 0 Å². The second kappa shape index (κ2) is 5.03. The van der Waals surface area contributed by atoms with Gasteiger partial charge >= 0.3 is 5.97 Å². The highest BCUT2D eigenvalue weighted by molar-refractivity contribution is 5.93. The van der Waals surface area contributed by atoms with E-state index < -0.39 is 16.9 Å². The van der Waals surface area contributed by atoms with E-state index in [0.29, 0.717) is 16.3 Å². The Morgan fingerprint density at radius 2 is 1.89 bits per heavy atom. The molecule has 2 aromatic carbocycles. The molecule has 0 spiro atoms. The van der Waals surface area contributed by atoms with Gasteiger partial charge < -0.3 is 10.8 Å². The lowest BCUT2D eigenvalue weighted by Gasteiger charge is -2.10. The zero-order valence-corrected chi connectivity index (χ0v) is 9.95. The number of hydrogen-bond acceptors (Lipinski definition) is 4. The van der Waals surface area contributed by atoms with Crippen LogP contribution in [-0.2, 0) is 11.2 Å². The van der Waals surface area contributed by atoms with Gasteiger partial charge in [0, 0.05) is 6.07 Å². The molecule has 0 aromatic heterocycles. The van der Waals surface area contributed by atoms with E-state index in [1.807, 2.05) is 0 Å². The fraction of sp³-hybridized carbons (Fsp3) is 0.154. The van der Waals surface area contributed by atoms with Crippen LogP contribution in [0.2, 0.25) is 0 Å². The van der Waals surface area contributed by atoms with E-state index in [1.165, 1.54) is 6.07 Å². The number of carboxylic acids is 1. The van der Waals surface area contributed by atoms with Crippen LogP contribution >= 0.6 is 0 Å². The first-order valence-corrected chi connectivity index (χ1v) is 5.64. The third kappa shape index (κ3) is 2.53. The Bertz CT molecular complexity index is 654. The smallest absolute Gasteiger partial charge is 0.320 e. The molecule has 0 saturated heterocycles. The van der Waals surface area contributed by atoms with Gasteiger partial charge in [-0.2, -0.15) is 0 Å². The van der Waals surface area contributed by atoms with Crippen LogP contribution < -0.4 is 5.73 Å². The average Bonchev–Trinajstić information content (AvgIpc) is 2.38. The summed E-state index contributed by atoms with van der Waals surface area (Å²) >= 11 is 0. The molecule has 0 saturated carbocycles. The molecule has 1 atom stereocenters. The summed E-state index contributed by atoms with van der Waals surface area (Å²) < 4.78 is 0. The second-order valence-electron chi connectivity index (χ2n) is 4.20. The fourth-order valence-electron chi connectivity index (χ4n) is 2.01. The number of aliphatic carboxylic acids is 1. The van der Waals surface area contributed by atoms with E-state index in [4.69, 9.17) is 10.8 Å². The third-order valence-electron chi connectivity index (χ3n) is 2.95. The van der Waals surface area contributed by atoms with Crippen molar-refractivity contribution in [2.24, 2.45) is 5.73 Å². The van der Waals surface area contributed by atoms with Crippen molar-refractivity contribution in [1.82, 2.24) is 0 Å². The number of benzene rings is 2. The molecular weight excluding hydrogens is 248 g/mol. The Labute approximate surface area is 108 Å². The van der Waals surface area contributed by atoms with Gasteiger partial charge in [0.2, 0.25) is 0 Å². The largest absolute Gasteiger partial charge is 0.480 e. The van der Waals surface area contributed by atoms with Crippen molar-refractivity contribution >= 4 is 22.4 Å². The summed E-state index contributed by atoms with van der Waals surface area (Å²) in [5.41, 5.74) is 6.20. The van der Waals surface area contributed by atoms with Crippen LogP contribution in [0.5, 0.6) is 0 Å². The van der Waals surface area contributed by atoms with Crippen LogP contribution in [-0.4, -0.2) is 22.0 Å². The molecule has 2 rings (SSSR count). The van der Waals surface area contributed by atoms with Crippen molar-refractivity contribution in [1.29, 1.82) is 0 Å². The molecule has 0 aliphatic carbocycles. The third-order valence-corrected chi connectivity index (χ3v) is 2.95. The summed E-state index contributed by atoms with van der Waals surface area (Å²) in [6.07, 6.45) is 0.133. The summed E-state index contributed by atoms with van der Waals surface area (Å²) in [5, 5.41) is 20.9. The minimum absolute atomic E-state index is 0.00301. The molecule has 3 N–H and O–H groups in total. The van der Waals surface area contributed by atoms with Crippen molar-refractivity contribution in [2.45, 2.75) is 12.5 Å². The minimum Gasteiger partial charge on any atom is -0.480 e. The number of nitro groups is 1. The Kier molecular flexibility index (Phi) is 3.43. The van der Waals surface area contributed by atoms with Gasteiger partial charge in [0.05, 0.1) is 10.3 Å². The van der Waals surface area contributed by atoms with Crippen LogP contribution in [0, 0.1) is 10.1 Å². The van der Waals surface area contributed by atoms with Gasteiger partial charge in [-0.1, -0.05) is 24.3 Å². The van der Waals surface area contributed by atoms with E-state index in [2.05, 4.69) is 0 Å². The zero-order valence-electron chi connectivity index (χ0n) is 9.95. The summed E-state index contributed by atoms with van der Waals surface area (Å²) in [7, 11) is 0. The Morgan fingerprint density at radius 3 is 2.47 bits per heavy atom. The highest BCUT2D eigenvalue weighted by Crippen LogP contribution is 2.28. The molecule has 0 heterocycles. The van der Waals surface area contributed by atoms with E-state index in [0.717, 1.165) is 0 Å². The summed E-state index contributed by atoms with van der Waals surface area (Å²) in [4.78, 5) is 21.3. The van der Waals surface area contributed by atoms with Crippen LogP contribution in [0.15, 0.2) is 36.4 Å². The lowest BCUT2D eigenvalue weighted by atomic mass is 9.98. The maximum absolute atomic E-state index is 10.9. The van der Waals surface area contributed by atoms with Crippen molar-refractivity contribution in [3.05, 3.63) is 52.1 Å². The van der Waals surface area contributed by atoms with Gasteiger partial charge in [0.25, 0.3) is 5.69 Å². The van der Waals surface area contributed by atoms with Crippen molar-refractivity contribution in [3.63, 3.8) is 0 Å². The van der Waals surface area contributed by atoms with Gasteiger partial charge in [-0.15, -0.1) is 0 Å². The number of carbonyl (C=O) groups is 1. The SMILES string of the molecule is N[C@@H](Cc1ccc([N+](=O)[O-])c2ccccc12)C(=O)O. The first kappa shape index (κ1) is 13.0. The maximum atomic E-state index is 10.9. The lowest BCUT2D eigenvalue weighted by Crippen LogP contribution is -2.32. The topological polar surface area (TPSA) is 106 Å². The normalized spacial score (nSPS) is 12.3. The van der Waals surface area contributed by atoms with Gasteiger partial charge in [-0.05, 0) is 23.4 Å². The van der Waals surface area contributed by atoms with Gasteiger partial charge in [-0.3, -0.25) is 14.9 Å². The molecule has 6 nitrogen and oxygen atoms in total. The monoisotopic (exact) mass is 260 g/mol. The van der Waals surface area contributed by atoms with Gasteiger partial charge in [0.15, 0.2) is 0 Å². The second-order valence-corrected chi connectivity index (χ2v) is 4.20. The summed E-state index contributed by atoms with van der Waals surface area (Å²) in [6, 6.07) is 8.74. The number of rotatable bonds is 4. The number of non-ortho nitro benzene ring substituents is 1. The molecule has 0 bridgehead atoms. The summed E-state index contributed by atoms with van der Waals surface area (Å²) in [5.74, 6) is -1.09. The fourth-order valence-corrected chi connectivity index (χ4v) is 2.01. The number of nitrogens with two attached hydrogens (primary N) is 1. The van der Waals surface area contributed by atoms with E-state index in [9.17, 15) is 14.9 Å². The van der Waals surface area contributed by atoms with Crippen molar-refractivity contribution in [2.75, 3.05) is 0 Å². The first-order valence-electron chi connectivity index (χ1n) is 5.64. The van der Waals surface area contributed by atoms with E-state index in [1.54, 1.807) is 30.3 Å². The predicted octanol–water partition coefficient (Wildman–Crippen LogP) is 1.70. The lowest BCUT2D eigenvalue weighted by molar-refractivity contribution is -0.383. The Balaban J connectivity index is 2.55. The predicted molar refractivity (Wildman–Crippen MR) is 69.9 cm³/mol. The summed E-state index contributed by atoms with van der Waals surface area (Å²) in [6.45, 7) is 0. The molecule has 2 aromatic rings. The number of hydrogen-bond donors (Lipinski definition) is 2. The molecule has 0 aliphatic rings. The van der Waals surface area contributed by atoms with Crippen LogP contribution in [0.1, 0.15) is 5.56 Å². The van der Waals surface area contributed by atoms with Crippen molar-refractivity contribution in [3.8, 4) is 0 Å². The van der Waals surface area contributed by atoms with Crippen LogP contribution in [0.25, 0.3) is 10.8 Å². The standard InChI is InChI=1S/C13H12N2O4/c14-11(13(16)17)7-8-5-6-12(15(18)19)10-4-2-1-3-9(8)10/h1-6,11H,7,14H2,(H,16,17)/t11-/m0/s1. The zero-order chi connectivity index (χ0) is 14.0. The first-order chi connectivity index (χ1) is 9.00. The van der Waals surface area contributed by atoms with Gasteiger partial charge in [0.1, 0.15) is 6.04 Å². The molecule has 19 heavy (non-hydrogen) atoms. The quantitative estimate of drug-likeness (QED) is 0.642. The molecule has 0 unspecified atom stereocenters. The highest BCUT2D eigenvalue weighted by atomic mass is 16.6. The number of fused-ring (bicyclic) bond motifs is 1. The number of carboxylic acid groups (broad SMARTS) is 1.